The van der Waals surface area contributed by atoms with Gasteiger partial charge in [-0.05, 0) is 54.6 Å². The SMILES string of the molecule is CC(C)n1c(C(=O)O)ccc1-c1ccccc1I. The summed E-state index contributed by atoms with van der Waals surface area (Å²) in [4.78, 5) is 11.2. The number of benzene rings is 1. The third-order valence-corrected chi connectivity index (χ3v) is 3.74. The number of rotatable bonds is 3. The van der Waals surface area contributed by atoms with Crippen LogP contribution < -0.4 is 0 Å². The summed E-state index contributed by atoms with van der Waals surface area (Å²) in [7, 11) is 0. The third kappa shape index (κ3) is 2.29. The Morgan fingerprint density at radius 2 is 1.89 bits per heavy atom. The summed E-state index contributed by atoms with van der Waals surface area (Å²) in [5, 5.41) is 9.22. The van der Waals surface area contributed by atoms with Crippen molar-refractivity contribution in [3.63, 3.8) is 0 Å². The van der Waals surface area contributed by atoms with Crippen LogP contribution in [0.3, 0.4) is 0 Å². The summed E-state index contributed by atoms with van der Waals surface area (Å²) in [6.45, 7) is 3.98. The Labute approximate surface area is 120 Å². The lowest BCUT2D eigenvalue weighted by Gasteiger charge is -2.16. The molecule has 94 valence electrons. The van der Waals surface area contributed by atoms with Gasteiger partial charge in [-0.25, -0.2) is 4.79 Å². The molecule has 0 saturated carbocycles. The number of aromatic nitrogens is 1. The fourth-order valence-electron chi connectivity index (χ4n) is 2.07. The van der Waals surface area contributed by atoms with Gasteiger partial charge in [0.25, 0.3) is 0 Å². The van der Waals surface area contributed by atoms with Gasteiger partial charge in [0.15, 0.2) is 0 Å². The minimum absolute atomic E-state index is 0.108. The lowest BCUT2D eigenvalue weighted by atomic mass is 10.1. The predicted octanol–water partition coefficient (Wildman–Crippen LogP) is 4.04. The number of halogens is 1. The minimum Gasteiger partial charge on any atom is -0.477 e. The molecule has 1 aromatic carbocycles. The van der Waals surface area contributed by atoms with Gasteiger partial charge in [-0.3, -0.25) is 0 Å². The number of carbonyl (C=O) groups is 1. The monoisotopic (exact) mass is 355 g/mol. The zero-order valence-electron chi connectivity index (χ0n) is 10.2. The zero-order chi connectivity index (χ0) is 13.3. The highest BCUT2D eigenvalue weighted by Crippen LogP contribution is 2.29. The molecule has 0 aliphatic heterocycles. The number of hydrogen-bond acceptors (Lipinski definition) is 1. The van der Waals surface area contributed by atoms with E-state index in [1.807, 2.05) is 48.7 Å². The Morgan fingerprint density at radius 1 is 1.22 bits per heavy atom. The molecular formula is C14H14INO2. The molecule has 0 bridgehead atoms. The molecule has 1 aromatic heterocycles. The number of carboxylic acids is 1. The van der Waals surface area contributed by atoms with Crippen LogP contribution in [-0.2, 0) is 0 Å². The highest BCUT2D eigenvalue weighted by atomic mass is 127. The molecule has 2 rings (SSSR count). The molecule has 2 aromatic rings. The summed E-state index contributed by atoms with van der Waals surface area (Å²) >= 11 is 2.27. The highest BCUT2D eigenvalue weighted by molar-refractivity contribution is 14.1. The molecule has 0 spiro atoms. The van der Waals surface area contributed by atoms with E-state index in [0.29, 0.717) is 5.69 Å². The Kier molecular flexibility index (Phi) is 3.75. The first-order chi connectivity index (χ1) is 8.52. The second-order valence-corrected chi connectivity index (χ2v) is 5.51. The van der Waals surface area contributed by atoms with Crippen molar-refractivity contribution >= 4 is 28.6 Å². The van der Waals surface area contributed by atoms with Gasteiger partial charge in [0.2, 0.25) is 0 Å². The van der Waals surface area contributed by atoms with Crippen molar-refractivity contribution in [3.8, 4) is 11.3 Å². The highest BCUT2D eigenvalue weighted by Gasteiger charge is 2.18. The first kappa shape index (κ1) is 13.1. The molecule has 4 heteroatoms. The van der Waals surface area contributed by atoms with Crippen LogP contribution in [0.5, 0.6) is 0 Å². The smallest absolute Gasteiger partial charge is 0.352 e. The molecular weight excluding hydrogens is 341 g/mol. The van der Waals surface area contributed by atoms with Crippen molar-refractivity contribution in [1.29, 1.82) is 0 Å². The van der Waals surface area contributed by atoms with Gasteiger partial charge < -0.3 is 9.67 Å². The molecule has 0 aliphatic carbocycles. The van der Waals surface area contributed by atoms with E-state index in [1.54, 1.807) is 6.07 Å². The molecule has 0 aliphatic rings. The van der Waals surface area contributed by atoms with E-state index in [9.17, 15) is 9.90 Å². The van der Waals surface area contributed by atoms with Gasteiger partial charge >= 0.3 is 5.97 Å². The molecule has 0 radical (unpaired) electrons. The maximum Gasteiger partial charge on any atom is 0.352 e. The minimum atomic E-state index is -0.888. The normalized spacial score (nSPS) is 10.9. The van der Waals surface area contributed by atoms with Crippen molar-refractivity contribution in [2.45, 2.75) is 19.9 Å². The van der Waals surface area contributed by atoms with Crippen molar-refractivity contribution in [2.75, 3.05) is 0 Å². The van der Waals surface area contributed by atoms with Gasteiger partial charge in [-0.2, -0.15) is 0 Å². The largest absolute Gasteiger partial charge is 0.477 e. The number of carboxylic acid groups (broad SMARTS) is 1. The molecule has 0 saturated heterocycles. The summed E-state index contributed by atoms with van der Waals surface area (Å²) in [5.41, 5.74) is 2.35. The van der Waals surface area contributed by atoms with E-state index in [2.05, 4.69) is 22.6 Å². The van der Waals surface area contributed by atoms with E-state index >= 15 is 0 Å². The first-order valence-electron chi connectivity index (χ1n) is 5.71. The van der Waals surface area contributed by atoms with Crippen molar-refractivity contribution < 1.29 is 9.90 Å². The fraction of sp³-hybridized carbons (Fsp3) is 0.214. The number of aromatic carboxylic acids is 1. The second-order valence-electron chi connectivity index (χ2n) is 4.35. The molecule has 1 heterocycles. The Balaban J connectivity index is 2.66. The van der Waals surface area contributed by atoms with Crippen LogP contribution in [0.25, 0.3) is 11.3 Å². The van der Waals surface area contributed by atoms with E-state index in [4.69, 9.17) is 0 Å². The quantitative estimate of drug-likeness (QED) is 0.845. The van der Waals surface area contributed by atoms with Gasteiger partial charge in [-0.1, -0.05) is 18.2 Å². The molecule has 18 heavy (non-hydrogen) atoms. The first-order valence-corrected chi connectivity index (χ1v) is 6.79. The molecule has 1 N–H and O–H groups in total. The fourth-order valence-corrected chi connectivity index (χ4v) is 2.73. The number of hydrogen-bond donors (Lipinski definition) is 1. The lowest BCUT2D eigenvalue weighted by molar-refractivity contribution is 0.0683. The maximum absolute atomic E-state index is 11.2. The van der Waals surface area contributed by atoms with Crippen LogP contribution in [0.15, 0.2) is 36.4 Å². The molecule has 0 amide bonds. The average Bonchev–Trinajstić information content (AvgIpc) is 2.74. The van der Waals surface area contributed by atoms with E-state index in [-0.39, 0.29) is 6.04 Å². The van der Waals surface area contributed by atoms with Gasteiger partial charge in [-0.15, -0.1) is 0 Å². The van der Waals surface area contributed by atoms with Crippen LogP contribution in [0.4, 0.5) is 0 Å². The van der Waals surface area contributed by atoms with Crippen molar-refractivity contribution in [2.24, 2.45) is 0 Å². The van der Waals surface area contributed by atoms with E-state index in [1.165, 1.54) is 0 Å². The molecule has 0 unspecified atom stereocenters. The Morgan fingerprint density at radius 3 is 2.44 bits per heavy atom. The van der Waals surface area contributed by atoms with Gasteiger partial charge in [0.05, 0.1) is 0 Å². The summed E-state index contributed by atoms with van der Waals surface area (Å²) in [5.74, 6) is -0.888. The summed E-state index contributed by atoms with van der Waals surface area (Å²) < 4.78 is 2.98. The second kappa shape index (κ2) is 5.14. The van der Waals surface area contributed by atoms with Crippen LogP contribution in [0.2, 0.25) is 0 Å². The van der Waals surface area contributed by atoms with Crippen LogP contribution in [0.1, 0.15) is 30.4 Å². The van der Waals surface area contributed by atoms with Crippen LogP contribution in [0, 0.1) is 3.57 Å². The zero-order valence-corrected chi connectivity index (χ0v) is 12.4. The molecule has 0 fully saturated rings. The van der Waals surface area contributed by atoms with E-state index < -0.39 is 5.97 Å². The molecule has 3 nitrogen and oxygen atoms in total. The summed E-state index contributed by atoms with van der Waals surface area (Å²) in [6.07, 6.45) is 0. The van der Waals surface area contributed by atoms with Gasteiger partial charge in [0.1, 0.15) is 5.69 Å². The average molecular weight is 355 g/mol. The van der Waals surface area contributed by atoms with Crippen LogP contribution >= 0.6 is 22.6 Å². The van der Waals surface area contributed by atoms with E-state index in [0.717, 1.165) is 14.8 Å². The Hall–Kier alpha value is -1.30. The van der Waals surface area contributed by atoms with Crippen LogP contribution in [-0.4, -0.2) is 15.6 Å². The predicted molar refractivity (Wildman–Crippen MR) is 79.9 cm³/mol. The third-order valence-electron chi connectivity index (χ3n) is 2.80. The lowest BCUT2D eigenvalue weighted by Crippen LogP contribution is -2.11. The topological polar surface area (TPSA) is 42.2 Å². The maximum atomic E-state index is 11.2. The molecule has 0 atom stereocenters. The summed E-state index contributed by atoms with van der Waals surface area (Å²) in [6, 6.07) is 11.6. The Bertz CT molecular complexity index is 587. The van der Waals surface area contributed by atoms with Crippen molar-refractivity contribution in [3.05, 3.63) is 45.7 Å². The van der Waals surface area contributed by atoms with Gasteiger partial charge in [0, 0.05) is 20.9 Å². The number of nitrogens with zero attached hydrogens (tertiary/aromatic N) is 1. The van der Waals surface area contributed by atoms with Crippen molar-refractivity contribution in [1.82, 2.24) is 4.57 Å². The standard InChI is InChI=1S/C14H14INO2/c1-9(2)16-12(7-8-13(16)14(17)18)10-5-3-4-6-11(10)15/h3-9H,1-2H3,(H,17,18).